The summed E-state index contributed by atoms with van der Waals surface area (Å²) >= 11 is 0. The molecular formula is C15H28O. The first-order chi connectivity index (χ1) is 7.28. The summed E-state index contributed by atoms with van der Waals surface area (Å²) in [6.07, 6.45) is 5.10. The number of hydrogen-bond donors (Lipinski definition) is 1. The van der Waals surface area contributed by atoms with Crippen LogP contribution in [-0.4, -0.2) is 11.2 Å². The minimum Gasteiger partial charge on any atom is -0.393 e. The minimum atomic E-state index is -0.0623. The fraction of sp³-hybridized carbons (Fsp3) is 1.00. The first kappa shape index (κ1) is 12.4. The van der Waals surface area contributed by atoms with E-state index in [4.69, 9.17) is 0 Å². The number of aliphatic hydroxyl groups is 1. The van der Waals surface area contributed by atoms with Crippen molar-refractivity contribution in [2.45, 2.75) is 66.4 Å². The second-order valence-corrected chi connectivity index (χ2v) is 7.44. The van der Waals surface area contributed by atoms with E-state index < -0.39 is 0 Å². The van der Waals surface area contributed by atoms with Gasteiger partial charge in [0.2, 0.25) is 0 Å². The molecule has 0 aromatic carbocycles. The maximum Gasteiger partial charge on any atom is 0.0607 e. The molecule has 0 aliphatic heterocycles. The van der Waals surface area contributed by atoms with Gasteiger partial charge in [-0.15, -0.1) is 0 Å². The van der Waals surface area contributed by atoms with Crippen molar-refractivity contribution in [1.29, 1.82) is 0 Å². The van der Waals surface area contributed by atoms with Crippen LogP contribution in [0.5, 0.6) is 0 Å². The highest BCUT2D eigenvalue weighted by Gasteiger charge is 2.67. The van der Waals surface area contributed by atoms with Gasteiger partial charge in [0.15, 0.2) is 0 Å². The molecule has 16 heavy (non-hydrogen) atoms. The number of hydrogen-bond acceptors (Lipinski definition) is 1. The molecule has 2 fully saturated rings. The summed E-state index contributed by atoms with van der Waals surface area (Å²) < 4.78 is 0. The normalized spacial score (nSPS) is 39.4. The van der Waals surface area contributed by atoms with E-state index in [1.165, 1.54) is 25.7 Å². The minimum absolute atomic E-state index is 0.0623. The molecule has 0 saturated heterocycles. The third-order valence-electron chi connectivity index (χ3n) is 5.93. The highest BCUT2D eigenvalue weighted by atomic mass is 16.3. The van der Waals surface area contributed by atoms with Crippen LogP contribution in [0.3, 0.4) is 0 Å². The van der Waals surface area contributed by atoms with Crippen LogP contribution in [0, 0.1) is 28.6 Å². The molecule has 0 radical (unpaired) electrons. The van der Waals surface area contributed by atoms with Gasteiger partial charge in [0.25, 0.3) is 0 Å². The van der Waals surface area contributed by atoms with Crippen molar-refractivity contribution in [3.63, 3.8) is 0 Å². The molecule has 2 rings (SSSR count). The van der Waals surface area contributed by atoms with Gasteiger partial charge in [-0.2, -0.15) is 0 Å². The first-order valence-corrected chi connectivity index (χ1v) is 6.96. The van der Waals surface area contributed by atoms with Crippen molar-refractivity contribution in [3.05, 3.63) is 0 Å². The third kappa shape index (κ3) is 1.72. The molecule has 0 aromatic heterocycles. The monoisotopic (exact) mass is 224 g/mol. The van der Waals surface area contributed by atoms with E-state index in [9.17, 15) is 5.11 Å². The van der Waals surface area contributed by atoms with Crippen LogP contribution in [-0.2, 0) is 0 Å². The summed E-state index contributed by atoms with van der Waals surface area (Å²) in [6.45, 7) is 11.6. The van der Waals surface area contributed by atoms with Gasteiger partial charge in [-0.05, 0) is 41.4 Å². The lowest BCUT2D eigenvalue weighted by atomic mass is 9.77. The standard InChI is InChI=1S/C15H28O/c1-10-7-6-8-11(9-10)12(16)13-14(2,3)15(13,4)5/h10-13,16H,6-9H2,1-5H3. The highest BCUT2D eigenvalue weighted by molar-refractivity contribution is 5.15. The van der Waals surface area contributed by atoms with E-state index in [0.717, 1.165) is 5.92 Å². The van der Waals surface area contributed by atoms with E-state index in [1.54, 1.807) is 0 Å². The Hall–Kier alpha value is -0.0400. The largest absolute Gasteiger partial charge is 0.393 e. The van der Waals surface area contributed by atoms with Gasteiger partial charge in [0, 0.05) is 0 Å². The summed E-state index contributed by atoms with van der Waals surface area (Å²) in [5.41, 5.74) is 0.653. The van der Waals surface area contributed by atoms with Crippen molar-refractivity contribution in [2.24, 2.45) is 28.6 Å². The Balaban J connectivity index is 2.01. The third-order valence-corrected chi connectivity index (χ3v) is 5.93. The summed E-state index contributed by atoms with van der Waals surface area (Å²) in [5, 5.41) is 10.6. The van der Waals surface area contributed by atoms with Crippen LogP contribution >= 0.6 is 0 Å². The van der Waals surface area contributed by atoms with Crippen molar-refractivity contribution in [1.82, 2.24) is 0 Å². The lowest BCUT2D eigenvalue weighted by Gasteiger charge is -2.31. The molecule has 3 atom stereocenters. The van der Waals surface area contributed by atoms with Crippen molar-refractivity contribution in [3.8, 4) is 0 Å². The lowest BCUT2D eigenvalue weighted by Crippen LogP contribution is -2.29. The molecule has 2 saturated carbocycles. The zero-order chi connectivity index (χ0) is 12.1. The van der Waals surface area contributed by atoms with Gasteiger partial charge in [-0.25, -0.2) is 0 Å². The molecule has 2 aliphatic carbocycles. The van der Waals surface area contributed by atoms with Crippen LogP contribution < -0.4 is 0 Å². The first-order valence-electron chi connectivity index (χ1n) is 6.96. The molecule has 2 aliphatic rings. The van der Waals surface area contributed by atoms with E-state index in [-0.39, 0.29) is 6.10 Å². The van der Waals surface area contributed by atoms with Crippen LogP contribution in [0.1, 0.15) is 60.3 Å². The predicted octanol–water partition coefficient (Wildman–Crippen LogP) is 3.86. The molecule has 1 nitrogen and oxygen atoms in total. The smallest absolute Gasteiger partial charge is 0.0607 e. The zero-order valence-electron chi connectivity index (χ0n) is 11.6. The van der Waals surface area contributed by atoms with Gasteiger partial charge >= 0.3 is 0 Å². The highest BCUT2D eigenvalue weighted by Crippen LogP contribution is 2.70. The second kappa shape index (κ2) is 3.73. The fourth-order valence-corrected chi connectivity index (χ4v) is 4.16. The molecule has 0 bridgehead atoms. The molecule has 0 amide bonds. The summed E-state index contributed by atoms with van der Waals surface area (Å²) in [5.74, 6) is 1.89. The van der Waals surface area contributed by atoms with Crippen molar-refractivity contribution in [2.75, 3.05) is 0 Å². The predicted molar refractivity (Wildman–Crippen MR) is 68.2 cm³/mol. The summed E-state index contributed by atoms with van der Waals surface area (Å²) in [6, 6.07) is 0. The SMILES string of the molecule is CC1CCCC(C(O)C2C(C)(C)C2(C)C)C1. The fourth-order valence-electron chi connectivity index (χ4n) is 4.16. The number of rotatable bonds is 2. The summed E-state index contributed by atoms with van der Waals surface area (Å²) in [7, 11) is 0. The van der Waals surface area contributed by atoms with E-state index in [2.05, 4.69) is 34.6 Å². The Kier molecular flexibility index (Phi) is 2.89. The van der Waals surface area contributed by atoms with Crippen LogP contribution in [0.15, 0.2) is 0 Å². The van der Waals surface area contributed by atoms with E-state index in [1.807, 2.05) is 0 Å². The van der Waals surface area contributed by atoms with Crippen LogP contribution in [0.2, 0.25) is 0 Å². The average molecular weight is 224 g/mol. The molecule has 0 aromatic rings. The Morgan fingerprint density at radius 1 is 1.06 bits per heavy atom. The van der Waals surface area contributed by atoms with Crippen LogP contribution in [0.25, 0.3) is 0 Å². The van der Waals surface area contributed by atoms with Gasteiger partial charge in [-0.1, -0.05) is 47.5 Å². The lowest BCUT2D eigenvalue weighted by molar-refractivity contribution is 0.0395. The van der Waals surface area contributed by atoms with Gasteiger partial charge < -0.3 is 5.11 Å². The maximum absolute atomic E-state index is 10.6. The molecule has 0 spiro atoms. The van der Waals surface area contributed by atoms with Gasteiger partial charge in [0.1, 0.15) is 0 Å². The zero-order valence-corrected chi connectivity index (χ0v) is 11.6. The average Bonchev–Trinajstić information content (AvgIpc) is 2.56. The Morgan fingerprint density at radius 2 is 1.62 bits per heavy atom. The molecule has 3 unspecified atom stereocenters. The quantitative estimate of drug-likeness (QED) is 0.755. The maximum atomic E-state index is 10.6. The van der Waals surface area contributed by atoms with E-state index >= 15 is 0 Å². The molecule has 1 heteroatoms. The Bertz CT molecular complexity index is 253. The van der Waals surface area contributed by atoms with Crippen molar-refractivity contribution < 1.29 is 5.11 Å². The number of aliphatic hydroxyl groups excluding tert-OH is 1. The van der Waals surface area contributed by atoms with E-state index in [0.29, 0.717) is 22.7 Å². The van der Waals surface area contributed by atoms with Crippen LogP contribution in [0.4, 0.5) is 0 Å². The Labute approximate surface area is 101 Å². The molecule has 1 N–H and O–H groups in total. The second-order valence-electron chi connectivity index (χ2n) is 7.44. The summed E-state index contributed by atoms with van der Waals surface area (Å²) in [4.78, 5) is 0. The molecule has 94 valence electrons. The van der Waals surface area contributed by atoms with Crippen molar-refractivity contribution >= 4 is 0 Å². The topological polar surface area (TPSA) is 20.2 Å². The van der Waals surface area contributed by atoms with Gasteiger partial charge in [0.05, 0.1) is 6.10 Å². The van der Waals surface area contributed by atoms with Gasteiger partial charge in [-0.3, -0.25) is 0 Å². The molecule has 0 heterocycles. The Morgan fingerprint density at radius 3 is 2.06 bits per heavy atom. The molecular weight excluding hydrogens is 196 g/mol.